The van der Waals surface area contributed by atoms with Crippen molar-refractivity contribution in [3.8, 4) is 0 Å². The number of alkyl halides is 3. The van der Waals surface area contributed by atoms with Crippen molar-refractivity contribution in [3.05, 3.63) is 59.9 Å². The highest BCUT2D eigenvalue weighted by molar-refractivity contribution is 7.89. The van der Waals surface area contributed by atoms with Crippen LogP contribution in [0.1, 0.15) is 56.1 Å². The molecule has 0 amide bonds. The molecular formula is C26H36Cl2F3N3O3S. The van der Waals surface area contributed by atoms with Gasteiger partial charge >= 0.3 is 6.18 Å². The average Bonchev–Trinajstić information content (AvgIpc) is 2.88. The third-order valence-electron chi connectivity index (χ3n) is 7.24. The van der Waals surface area contributed by atoms with Gasteiger partial charge in [0, 0.05) is 31.5 Å². The van der Waals surface area contributed by atoms with Crippen LogP contribution in [-0.2, 0) is 27.5 Å². The number of nitrogens with one attached hydrogen (secondary N) is 1. The minimum absolute atomic E-state index is 0. The van der Waals surface area contributed by atoms with Gasteiger partial charge in [0.2, 0.25) is 10.0 Å². The number of likely N-dealkylation sites (tertiary alicyclic amines) is 1. The third kappa shape index (κ3) is 9.64. The van der Waals surface area contributed by atoms with E-state index in [1.165, 1.54) is 12.3 Å². The van der Waals surface area contributed by atoms with Crippen molar-refractivity contribution in [1.82, 2.24) is 14.6 Å². The Balaban J connectivity index is 0.00000253. The van der Waals surface area contributed by atoms with Gasteiger partial charge in [0.25, 0.3) is 0 Å². The molecule has 1 saturated heterocycles. The van der Waals surface area contributed by atoms with Crippen LogP contribution < -0.4 is 4.72 Å². The van der Waals surface area contributed by atoms with Crippen LogP contribution in [0.3, 0.4) is 0 Å². The Bertz CT molecular complexity index is 1080. The van der Waals surface area contributed by atoms with Gasteiger partial charge in [-0.3, -0.25) is 4.98 Å². The minimum atomic E-state index is -4.34. The lowest BCUT2D eigenvalue weighted by Gasteiger charge is -2.34. The molecule has 2 aliphatic rings. The number of benzene rings is 1. The van der Waals surface area contributed by atoms with E-state index in [-0.39, 0.29) is 48.5 Å². The van der Waals surface area contributed by atoms with Crippen LogP contribution in [0.5, 0.6) is 0 Å². The molecule has 0 atom stereocenters. The van der Waals surface area contributed by atoms with Crippen LogP contribution in [0.15, 0.2) is 53.7 Å². The molecule has 2 fully saturated rings. The van der Waals surface area contributed by atoms with E-state index in [2.05, 4.69) is 14.6 Å². The van der Waals surface area contributed by atoms with E-state index < -0.39 is 21.8 Å². The fourth-order valence-corrected chi connectivity index (χ4v) is 6.35. The van der Waals surface area contributed by atoms with Crippen molar-refractivity contribution in [2.75, 3.05) is 19.6 Å². The molecule has 1 aromatic carbocycles. The predicted octanol–water partition coefficient (Wildman–Crippen LogP) is 5.85. The summed E-state index contributed by atoms with van der Waals surface area (Å²) >= 11 is 0. The van der Waals surface area contributed by atoms with E-state index in [0.717, 1.165) is 76.7 Å². The minimum Gasteiger partial charge on any atom is -0.373 e. The monoisotopic (exact) mass is 597 g/mol. The Morgan fingerprint density at radius 2 is 1.71 bits per heavy atom. The maximum absolute atomic E-state index is 12.9. The fourth-order valence-electron chi connectivity index (χ4n) is 5.08. The smallest absolute Gasteiger partial charge is 0.373 e. The molecule has 1 aromatic heterocycles. The first-order valence-corrected chi connectivity index (χ1v) is 14.1. The normalized spacial score (nSPS) is 21.3. The summed E-state index contributed by atoms with van der Waals surface area (Å²) < 4.78 is 72.4. The first-order valence-electron chi connectivity index (χ1n) is 12.6. The van der Waals surface area contributed by atoms with E-state index in [1.54, 1.807) is 24.4 Å². The molecule has 4 rings (SSSR count). The second-order valence-electron chi connectivity index (χ2n) is 9.87. The van der Waals surface area contributed by atoms with Crippen molar-refractivity contribution in [2.24, 2.45) is 5.92 Å². The molecule has 0 unspecified atom stereocenters. The predicted molar refractivity (Wildman–Crippen MR) is 145 cm³/mol. The summed E-state index contributed by atoms with van der Waals surface area (Å²) in [6.45, 7) is 3.06. The number of rotatable bonds is 9. The Morgan fingerprint density at radius 1 is 1.00 bits per heavy atom. The van der Waals surface area contributed by atoms with Gasteiger partial charge in [-0.1, -0.05) is 12.1 Å². The first-order chi connectivity index (χ1) is 17.2. The Hall–Kier alpha value is -1.43. The summed E-state index contributed by atoms with van der Waals surface area (Å²) in [5.41, 5.74) is -0.0936. The number of ether oxygens (including phenoxy) is 1. The van der Waals surface area contributed by atoms with Crippen molar-refractivity contribution in [3.63, 3.8) is 0 Å². The topological polar surface area (TPSA) is 71.5 Å². The summed E-state index contributed by atoms with van der Waals surface area (Å²) in [6, 6.07) is 8.48. The molecule has 38 heavy (non-hydrogen) atoms. The van der Waals surface area contributed by atoms with Crippen LogP contribution in [0, 0.1) is 5.92 Å². The maximum Gasteiger partial charge on any atom is 0.416 e. The molecule has 1 aliphatic heterocycles. The lowest BCUT2D eigenvalue weighted by atomic mass is 9.84. The van der Waals surface area contributed by atoms with E-state index >= 15 is 0 Å². The van der Waals surface area contributed by atoms with Crippen molar-refractivity contribution in [1.29, 1.82) is 0 Å². The van der Waals surface area contributed by atoms with Gasteiger partial charge in [-0.25, -0.2) is 13.1 Å². The van der Waals surface area contributed by atoms with Crippen LogP contribution >= 0.6 is 24.8 Å². The van der Waals surface area contributed by atoms with E-state index in [4.69, 9.17) is 4.74 Å². The maximum atomic E-state index is 12.9. The number of hydrogen-bond donors (Lipinski definition) is 1. The second kappa shape index (κ2) is 14.8. The van der Waals surface area contributed by atoms with Crippen LogP contribution in [0.4, 0.5) is 13.2 Å². The summed E-state index contributed by atoms with van der Waals surface area (Å²) in [6.07, 6.45) is 5.21. The number of halogens is 5. The standard InChI is InChI=1S/C26H34F3N3O3S.2ClH/c27-26(28,29)22-4-1-3-21(17-22)19-35-24-11-15-32(16-12-24)14-10-20-6-8-23(9-7-20)31-36(33,34)25-5-2-13-30-18-25;;/h1-5,13,17-18,20,23-24,31H,6-12,14-16,19H2;2*1H/t20-,23-;;. The molecule has 2 heterocycles. The molecule has 1 saturated carbocycles. The van der Waals surface area contributed by atoms with E-state index in [1.807, 2.05) is 0 Å². The average molecular weight is 599 g/mol. The highest BCUT2D eigenvalue weighted by Gasteiger charge is 2.30. The number of aromatic nitrogens is 1. The fraction of sp³-hybridized carbons (Fsp3) is 0.577. The third-order valence-corrected chi connectivity index (χ3v) is 8.75. The molecule has 1 aliphatic carbocycles. The highest BCUT2D eigenvalue weighted by atomic mass is 35.5. The van der Waals surface area contributed by atoms with Gasteiger partial charge in [-0.2, -0.15) is 13.2 Å². The Morgan fingerprint density at radius 3 is 2.34 bits per heavy atom. The molecule has 0 spiro atoms. The highest BCUT2D eigenvalue weighted by Crippen LogP contribution is 2.30. The van der Waals surface area contributed by atoms with Gasteiger partial charge in [0.15, 0.2) is 0 Å². The molecule has 6 nitrogen and oxygen atoms in total. The van der Waals surface area contributed by atoms with Crippen LogP contribution in [0.25, 0.3) is 0 Å². The molecule has 1 N–H and O–H groups in total. The molecule has 2 aromatic rings. The van der Waals surface area contributed by atoms with Gasteiger partial charge in [0.05, 0.1) is 18.3 Å². The SMILES string of the molecule is Cl.Cl.O=S(=O)(N[C@H]1CC[C@H](CCN2CCC(OCc3cccc(C(F)(F)F)c3)CC2)CC1)c1cccnc1. The zero-order valence-electron chi connectivity index (χ0n) is 21.1. The molecule has 12 heteroatoms. The zero-order valence-corrected chi connectivity index (χ0v) is 23.6. The summed E-state index contributed by atoms with van der Waals surface area (Å²) in [5, 5.41) is 0. The van der Waals surface area contributed by atoms with Crippen LogP contribution in [0.2, 0.25) is 0 Å². The molecule has 0 radical (unpaired) electrons. The number of sulfonamides is 1. The lowest BCUT2D eigenvalue weighted by Crippen LogP contribution is -2.39. The summed E-state index contributed by atoms with van der Waals surface area (Å²) in [5.74, 6) is 0.596. The molecular weight excluding hydrogens is 562 g/mol. The van der Waals surface area contributed by atoms with Gasteiger partial charge in [-0.05, 0) is 87.2 Å². The Kier molecular flexibility index (Phi) is 12.8. The first kappa shape index (κ1) is 32.8. The van der Waals surface area contributed by atoms with Gasteiger partial charge in [-0.15, -0.1) is 24.8 Å². The van der Waals surface area contributed by atoms with Gasteiger partial charge < -0.3 is 9.64 Å². The summed E-state index contributed by atoms with van der Waals surface area (Å²) in [4.78, 5) is 6.53. The summed E-state index contributed by atoms with van der Waals surface area (Å²) in [7, 11) is -3.53. The number of nitrogens with zero attached hydrogens (tertiary/aromatic N) is 2. The number of hydrogen-bond acceptors (Lipinski definition) is 5. The van der Waals surface area contributed by atoms with Crippen molar-refractivity contribution in [2.45, 2.75) is 74.8 Å². The van der Waals surface area contributed by atoms with Crippen molar-refractivity contribution < 1.29 is 26.3 Å². The lowest BCUT2D eigenvalue weighted by molar-refractivity contribution is -0.137. The largest absolute Gasteiger partial charge is 0.416 e. The van der Waals surface area contributed by atoms with Crippen molar-refractivity contribution >= 4 is 34.8 Å². The van der Waals surface area contributed by atoms with Gasteiger partial charge in [0.1, 0.15) is 4.90 Å². The quantitative estimate of drug-likeness (QED) is 0.392. The molecule has 0 bridgehead atoms. The number of piperidine rings is 1. The van der Waals surface area contributed by atoms with Crippen LogP contribution in [-0.4, -0.2) is 50.1 Å². The number of pyridine rings is 1. The Labute approximate surface area is 235 Å². The van der Waals surface area contributed by atoms with E-state index in [0.29, 0.717) is 11.5 Å². The molecule has 214 valence electrons. The second-order valence-corrected chi connectivity index (χ2v) is 11.6. The zero-order chi connectivity index (χ0) is 25.6. The van der Waals surface area contributed by atoms with E-state index in [9.17, 15) is 21.6 Å².